The highest BCUT2D eigenvalue weighted by atomic mass is 127. The Hall–Kier alpha value is -1.33. The highest BCUT2D eigenvalue weighted by molar-refractivity contribution is 14.1. The molecule has 0 amide bonds. The van der Waals surface area contributed by atoms with Crippen molar-refractivity contribution < 1.29 is 0 Å². The van der Waals surface area contributed by atoms with Crippen molar-refractivity contribution in [2.45, 2.75) is 27.7 Å². The van der Waals surface area contributed by atoms with E-state index in [2.05, 4.69) is 72.0 Å². The van der Waals surface area contributed by atoms with Gasteiger partial charge in [-0.25, -0.2) is 15.0 Å². The number of nitrogens with zero attached hydrogens (tertiary/aromatic N) is 3. The lowest BCUT2D eigenvalue weighted by Gasteiger charge is -2.05. The first kappa shape index (κ1) is 21.4. The van der Waals surface area contributed by atoms with E-state index >= 15 is 0 Å². The summed E-state index contributed by atoms with van der Waals surface area (Å²) in [5.41, 5.74) is 4.04. The fourth-order valence-corrected chi connectivity index (χ4v) is 4.17. The average Bonchev–Trinajstić information content (AvgIpc) is 2.62. The van der Waals surface area contributed by atoms with E-state index in [0.717, 1.165) is 29.1 Å². The van der Waals surface area contributed by atoms with Gasteiger partial charge in [0.1, 0.15) is 16.8 Å². The molecule has 0 atom stereocenters. The molecule has 0 unspecified atom stereocenters. The predicted octanol–water partition coefficient (Wildman–Crippen LogP) is 5.65. The second-order valence-corrected chi connectivity index (χ2v) is 8.91. The van der Waals surface area contributed by atoms with Crippen LogP contribution in [0.25, 0.3) is 21.8 Å². The summed E-state index contributed by atoms with van der Waals surface area (Å²) in [5.74, 6) is 1.37. The number of fused-ring (bicyclic) bond motifs is 2. The summed E-state index contributed by atoms with van der Waals surface area (Å²) >= 11 is 10.5. The van der Waals surface area contributed by atoms with Gasteiger partial charge in [0.05, 0.1) is 16.4 Å². The number of hydrogen-bond donors (Lipinski definition) is 1. The van der Waals surface area contributed by atoms with Crippen molar-refractivity contribution in [3.8, 4) is 0 Å². The van der Waals surface area contributed by atoms with E-state index < -0.39 is 0 Å². The van der Waals surface area contributed by atoms with E-state index in [0.29, 0.717) is 22.2 Å². The zero-order chi connectivity index (χ0) is 20.6. The number of aryl methyl sites for hydroxylation is 4. The van der Waals surface area contributed by atoms with Crippen molar-refractivity contribution >= 4 is 78.6 Å². The van der Waals surface area contributed by atoms with Crippen molar-refractivity contribution in [1.82, 2.24) is 19.9 Å². The van der Waals surface area contributed by atoms with E-state index in [1.165, 1.54) is 5.56 Å². The summed E-state index contributed by atoms with van der Waals surface area (Å²) in [6, 6.07) is 7.76. The predicted molar refractivity (Wildman–Crippen MR) is 131 cm³/mol. The van der Waals surface area contributed by atoms with E-state index in [4.69, 9.17) is 11.6 Å². The van der Waals surface area contributed by atoms with E-state index in [-0.39, 0.29) is 5.56 Å². The van der Waals surface area contributed by atoms with Crippen molar-refractivity contribution in [2.75, 3.05) is 0 Å². The van der Waals surface area contributed by atoms with Gasteiger partial charge in [0.25, 0.3) is 5.56 Å². The molecule has 0 aliphatic heterocycles. The fraction of sp³-hybridized carbons (Fsp3) is 0.200. The molecule has 144 valence electrons. The maximum atomic E-state index is 11.6. The zero-order valence-corrected chi connectivity index (χ0v) is 20.8. The van der Waals surface area contributed by atoms with Gasteiger partial charge in [-0.05, 0) is 96.1 Å². The molecule has 8 heteroatoms. The monoisotopic (exact) mass is 618 g/mol. The largest absolute Gasteiger partial charge is 0.310 e. The van der Waals surface area contributed by atoms with Crippen LogP contribution in [0.15, 0.2) is 29.1 Å². The summed E-state index contributed by atoms with van der Waals surface area (Å²) in [5, 5.41) is 2.11. The minimum atomic E-state index is -0.0644. The lowest BCUT2D eigenvalue weighted by molar-refractivity contribution is 1.06. The average molecular weight is 619 g/mol. The van der Waals surface area contributed by atoms with E-state index in [1.807, 2.05) is 38.1 Å². The van der Waals surface area contributed by atoms with Gasteiger partial charge in [0, 0.05) is 12.5 Å². The molecule has 2 aromatic carbocycles. The van der Waals surface area contributed by atoms with Crippen LogP contribution < -0.4 is 5.56 Å². The van der Waals surface area contributed by atoms with Crippen molar-refractivity contribution in [1.29, 1.82) is 0 Å². The number of hydrogen-bond acceptors (Lipinski definition) is 4. The second-order valence-electron chi connectivity index (χ2n) is 6.40. The summed E-state index contributed by atoms with van der Waals surface area (Å²) in [6.45, 7) is 7.72. The molecule has 2 heterocycles. The normalized spacial score (nSPS) is 10.8. The third kappa shape index (κ3) is 4.30. The molecule has 4 rings (SSSR count). The molecule has 1 N–H and O–H groups in total. The summed E-state index contributed by atoms with van der Waals surface area (Å²) in [6.07, 6.45) is 0. The maximum absolute atomic E-state index is 11.6. The third-order valence-corrected chi connectivity index (χ3v) is 7.20. The smallest absolute Gasteiger partial charge is 0.258 e. The quantitative estimate of drug-likeness (QED) is 0.204. The number of H-pyrrole nitrogens is 1. The number of nitrogens with one attached hydrogen (secondary N) is 1. The Bertz CT molecular complexity index is 1270. The van der Waals surface area contributed by atoms with Gasteiger partial charge in [0.2, 0.25) is 0 Å². The lowest BCUT2D eigenvalue weighted by Crippen LogP contribution is -2.10. The first-order valence-electron chi connectivity index (χ1n) is 8.43. The van der Waals surface area contributed by atoms with Crippen LogP contribution in [0, 0.1) is 34.8 Å². The summed E-state index contributed by atoms with van der Waals surface area (Å²) in [7, 11) is 0. The van der Waals surface area contributed by atoms with Crippen LogP contribution in [0.4, 0.5) is 0 Å². The van der Waals surface area contributed by atoms with E-state index in [1.54, 1.807) is 6.92 Å². The standard InChI is InChI=1S/C10H8ClIN2.C10H9IN2O/c1-5-3-4-7-9(8(5)12)13-6(2)14-10(7)11;1-5-3-4-7-9(8(5)11)12-6(2)13-10(7)14/h3-4H,1-2H3;3-4H,1-2H3,(H,12,13,14). The molecule has 2 aromatic heterocycles. The van der Waals surface area contributed by atoms with Gasteiger partial charge in [-0.1, -0.05) is 23.7 Å². The second kappa shape index (κ2) is 8.58. The topological polar surface area (TPSA) is 71.5 Å². The fourth-order valence-electron chi connectivity index (χ4n) is 2.72. The number of aromatic nitrogens is 4. The van der Waals surface area contributed by atoms with Crippen LogP contribution >= 0.6 is 56.8 Å². The SMILES string of the molecule is Cc1nc(Cl)c2ccc(C)c(I)c2n1.Cc1nc2c(I)c(C)ccc2c(=O)[nH]1. The van der Waals surface area contributed by atoms with Gasteiger partial charge in [-0.3, -0.25) is 4.79 Å². The molecule has 0 radical (unpaired) electrons. The zero-order valence-electron chi connectivity index (χ0n) is 15.7. The van der Waals surface area contributed by atoms with Gasteiger partial charge < -0.3 is 4.98 Å². The van der Waals surface area contributed by atoms with Crippen LogP contribution in [0.3, 0.4) is 0 Å². The molecule has 0 aliphatic carbocycles. The van der Waals surface area contributed by atoms with Crippen LogP contribution in [-0.4, -0.2) is 19.9 Å². The van der Waals surface area contributed by atoms with Gasteiger partial charge in [-0.15, -0.1) is 0 Å². The number of aromatic amines is 1. The first-order chi connectivity index (χ1) is 13.2. The van der Waals surface area contributed by atoms with Crippen LogP contribution in [-0.2, 0) is 0 Å². The Morgan fingerprint density at radius 1 is 0.821 bits per heavy atom. The molecular weight excluding hydrogens is 602 g/mol. The van der Waals surface area contributed by atoms with Crippen LogP contribution in [0.5, 0.6) is 0 Å². The Balaban J connectivity index is 0.000000161. The van der Waals surface area contributed by atoms with E-state index in [9.17, 15) is 4.79 Å². The minimum absolute atomic E-state index is 0.0644. The summed E-state index contributed by atoms with van der Waals surface area (Å²) < 4.78 is 2.20. The van der Waals surface area contributed by atoms with Gasteiger partial charge >= 0.3 is 0 Å². The number of benzene rings is 2. The highest BCUT2D eigenvalue weighted by Gasteiger charge is 2.08. The highest BCUT2D eigenvalue weighted by Crippen LogP contribution is 2.26. The number of halogens is 3. The Morgan fingerprint density at radius 3 is 1.96 bits per heavy atom. The first-order valence-corrected chi connectivity index (χ1v) is 11.0. The Kier molecular flexibility index (Phi) is 6.55. The van der Waals surface area contributed by atoms with Crippen molar-refractivity contribution in [3.63, 3.8) is 0 Å². The molecule has 0 saturated heterocycles. The van der Waals surface area contributed by atoms with Crippen LogP contribution in [0.2, 0.25) is 5.15 Å². The van der Waals surface area contributed by atoms with Gasteiger partial charge in [-0.2, -0.15) is 0 Å². The molecule has 0 spiro atoms. The van der Waals surface area contributed by atoms with Crippen molar-refractivity contribution in [3.05, 3.63) is 69.7 Å². The molecule has 0 fully saturated rings. The molecule has 0 aliphatic rings. The Labute approximate surface area is 194 Å². The maximum Gasteiger partial charge on any atom is 0.258 e. The number of rotatable bonds is 0. The summed E-state index contributed by atoms with van der Waals surface area (Å²) in [4.78, 5) is 27.1. The molecule has 28 heavy (non-hydrogen) atoms. The van der Waals surface area contributed by atoms with Gasteiger partial charge in [0.15, 0.2) is 0 Å². The molecular formula is C20H17ClI2N4O. The Morgan fingerprint density at radius 2 is 1.36 bits per heavy atom. The molecule has 0 saturated carbocycles. The lowest BCUT2D eigenvalue weighted by atomic mass is 10.2. The van der Waals surface area contributed by atoms with Crippen molar-refractivity contribution in [2.24, 2.45) is 0 Å². The third-order valence-electron chi connectivity index (χ3n) is 4.19. The molecule has 4 aromatic rings. The molecule has 0 bridgehead atoms. The minimum Gasteiger partial charge on any atom is -0.310 e. The molecule has 5 nitrogen and oxygen atoms in total. The van der Waals surface area contributed by atoms with Crippen LogP contribution in [0.1, 0.15) is 22.8 Å².